The summed E-state index contributed by atoms with van der Waals surface area (Å²) in [6.07, 6.45) is 2.76. The zero-order chi connectivity index (χ0) is 12.0. The number of rotatable bonds is 2. The fraction of sp³-hybridized carbons (Fsp3) is 0.429. The maximum Gasteiger partial charge on any atom is 0.176 e. The summed E-state index contributed by atoms with van der Waals surface area (Å²) in [5, 5.41) is 4.29. The largest absolute Gasteiger partial charge is 0.483 e. The van der Waals surface area contributed by atoms with Gasteiger partial charge in [0.25, 0.3) is 0 Å². The molecular formula is C14H17NO2. The van der Waals surface area contributed by atoms with Crippen molar-refractivity contribution in [2.24, 2.45) is 0 Å². The molecule has 0 aliphatic carbocycles. The predicted molar refractivity (Wildman–Crippen MR) is 67.4 cm³/mol. The lowest BCUT2D eigenvalue weighted by Crippen LogP contribution is -2.24. The molecule has 1 N–H and O–H groups in total. The third kappa shape index (κ3) is 1.62. The molecule has 3 heteroatoms. The Labute approximate surface area is 101 Å². The average Bonchev–Trinajstić information content (AvgIpc) is 2.78. The average molecular weight is 231 g/mol. The fourth-order valence-electron chi connectivity index (χ4n) is 2.52. The van der Waals surface area contributed by atoms with Crippen LogP contribution in [0.15, 0.2) is 22.8 Å². The Morgan fingerprint density at radius 3 is 2.94 bits per heavy atom. The summed E-state index contributed by atoms with van der Waals surface area (Å²) >= 11 is 0. The van der Waals surface area contributed by atoms with Crippen molar-refractivity contribution in [2.45, 2.75) is 32.4 Å². The topological polar surface area (TPSA) is 34.4 Å². The van der Waals surface area contributed by atoms with Crippen molar-refractivity contribution in [1.29, 1.82) is 0 Å². The van der Waals surface area contributed by atoms with Crippen molar-refractivity contribution in [3.63, 3.8) is 0 Å². The van der Waals surface area contributed by atoms with Gasteiger partial charge in [0, 0.05) is 29.5 Å². The van der Waals surface area contributed by atoms with E-state index in [1.54, 1.807) is 0 Å². The highest BCUT2D eigenvalue weighted by atomic mass is 16.5. The molecule has 17 heavy (non-hydrogen) atoms. The normalized spacial score (nSPS) is 17.1. The van der Waals surface area contributed by atoms with Crippen LogP contribution in [0.2, 0.25) is 0 Å². The number of furan rings is 1. The van der Waals surface area contributed by atoms with Crippen molar-refractivity contribution < 1.29 is 9.15 Å². The highest BCUT2D eigenvalue weighted by molar-refractivity contribution is 5.88. The molecule has 0 saturated carbocycles. The molecule has 0 fully saturated rings. The number of hydrogen-bond acceptors (Lipinski definition) is 3. The summed E-state index contributed by atoms with van der Waals surface area (Å²) in [7, 11) is 1.94. The van der Waals surface area contributed by atoms with E-state index in [4.69, 9.17) is 9.15 Å². The second-order valence-corrected chi connectivity index (χ2v) is 5.26. The van der Waals surface area contributed by atoms with Gasteiger partial charge in [0.2, 0.25) is 0 Å². The van der Waals surface area contributed by atoms with Crippen molar-refractivity contribution in [3.05, 3.63) is 29.5 Å². The van der Waals surface area contributed by atoms with Crippen LogP contribution in [-0.2, 0) is 13.0 Å². The van der Waals surface area contributed by atoms with Gasteiger partial charge in [0.05, 0.1) is 6.26 Å². The molecule has 1 aliphatic rings. The Hall–Kier alpha value is -1.48. The van der Waals surface area contributed by atoms with Gasteiger partial charge in [0.1, 0.15) is 5.60 Å². The van der Waals surface area contributed by atoms with E-state index in [9.17, 15) is 0 Å². The lowest BCUT2D eigenvalue weighted by molar-refractivity contribution is 0.139. The molecule has 0 bridgehead atoms. The van der Waals surface area contributed by atoms with E-state index >= 15 is 0 Å². The minimum absolute atomic E-state index is 0.118. The molecule has 1 aromatic carbocycles. The zero-order valence-corrected chi connectivity index (χ0v) is 10.5. The first kappa shape index (κ1) is 10.7. The van der Waals surface area contributed by atoms with Crippen LogP contribution in [0.4, 0.5) is 0 Å². The Morgan fingerprint density at radius 2 is 2.18 bits per heavy atom. The number of nitrogens with one attached hydrogen (secondary N) is 1. The van der Waals surface area contributed by atoms with Crippen LogP contribution in [-0.4, -0.2) is 12.6 Å². The molecule has 0 spiro atoms. The second kappa shape index (κ2) is 3.50. The van der Waals surface area contributed by atoms with E-state index in [1.165, 1.54) is 11.1 Å². The monoisotopic (exact) mass is 231 g/mol. The van der Waals surface area contributed by atoms with Crippen LogP contribution in [0, 0.1) is 0 Å². The van der Waals surface area contributed by atoms with Crippen LogP contribution in [0.1, 0.15) is 25.0 Å². The molecule has 0 amide bonds. The molecule has 0 saturated heterocycles. The molecular weight excluding hydrogens is 214 g/mol. The highest BCUT2D eigenvalue weighted by Gasteiger charge is 2.32. The molecule has 0 radical (unpaired) electrons. The first-order chi connectivity index (χ1) is 8.11. The Morgan fingerprint density at radius 1 is 1.35 bits per heavy atom. The lowest BCUT2D eigenvalue weighted by atomic mass is 10.0. The Kier molecular flexibility index (Phi) is 2.20. The fourth-order valence-corrected chi connectivity index (χ4v) is 2.52. The van der Waals surface area contributed by atoms with E-state index in [-0.39, 0.29) is 5.60 Å². The molecule has 90 valence electrons. The van der Waals surface area contributed by atoms with Gasteiger partial charge in [-0.2, -0.15) is 0 Å². The van der Waals surface area contributed by atoms with E-state index in [0.717, 1.165) is 29.7 Å². The summed E-state index contributed by atoms with van der Waals surface area (Å²) in [5.74, 6) is 0.926. The van der Waals surface area contributed by atoms with Gasteiger partial charge in [-0.05, 0) is 20.9 Å². The van der Waals surface area contributed by atoms with E-state index < -0.39 is 0 Å². The van der Waals surface area contributed by atoms with E-state index in [0.29, 0.717) is 0 Å². The molecule has 0 unspecified atom stereocenters. The van der Waals surface area contributed by atoms with Crippen molar-refractivity contribution in [1.82, 2.24) is 5.32 Å². The minimum Gasteiger partial charge on any atom is -0.483 e. The van der Waals surface area contributed by atoms with E-state index in [1.807, 2.05) is 13.3 Å². The molecule has 3 rings (SSSR count). The van der Waals surface area contributed by atoms with Gasteiger partial charge >= 0.3 is 0 Å². The molecule has 2 aromatic rings. The van der Waals surface area contributed by atoms with Gasteiger partial charge in [-0.3, -0.25) is 0 Å². The van der Waals surface area contributed by atoms with Gasteiger partial charge in [-0.1, -0.05) is 12.1 Å². The summed E-state index contributed by atoms with van der Waals surface area (Å²) < 4.78 is 11.7. The minimum atomic E-state index is -0.118. The summed E-state index contributed by atoms with van der Waals surface area (Å²) in [4.78, 5) is 0. The third-order valence-electron chi connectivity index (χ3n) is 3.22. The third-order valence-corrected chi connectivity index (χ3v) is 3.22. The van der Waals surface area contributed by atoms with Crippen LogP contribution in [0.3, 0.4) is 0 Å². The van der Waals surface area contributed by atoms with Crippen LogP contribution in [0.25, 0.3) is 11.0 Å². The summed E-state index contributed by atoms with van der Waals surface area (Å²) in [5.41, 5.74) is 3.19. The zero-order valence-electron chi connectivity index (χ0n) is 10.5. The summed E-state index contributed by atoms with van der Waals surface area (Å²) in [6, 6.07) is 4.29. The first-order valence-electron chi connectivity index (χ1n) is 5.96. The molecule has 1 aliphatic heterocycles. The number of hydrogen-bond donors (Lipinski definition) is 1. The molecule has 2 heterocycles. The van der Waals surface area contributed by atoms with Crippen molar-refractivity contribution in [2.75, 3.05) is 7.05 Å². The van der Waals surface area contributed by atoms with Gasteiger partial charge < -0.3 is 14.5 Å². The van der Waals surface area contributed by atoms with Gasteiger partial charge in [0.15, 0.2) is 11.3 Å². The maximum absolute atomic E-state index is 5.98. The molecule has 3 nitrogen and oxygen atoms in total. The summed E-state index contributed by atoms with van der Waals surface area (Å²) in [6.45, 7) is 5.03. The second-order valence-electron chi connectivity index (χ2n) is 5.26. The quantitative estimate of drug-likeness (QED) is 0.863. The predicted octanol–water partition coefficient (Wildman–Crippen LogP) is 2.87. The van der Waals surface area contributed by atoms with Crippen LogP contribution < -0.4 is 10.1 Å². The standard InChI is InChI=1S/C14H17NO2/c1-14(2)6-9-4-5-11-10(7-15-3)8-16-13(11)12(9)17-14/h4-5,8,15H,6-7H2,1-3H3. The van der Waals surface area contributed by atoms with E-state index in [2.05, 4.69) is 31.3 Å². The highest BCUT2D eigenvalue weighted by Crippen LogP contribution is 2.41. The Balaban J connectivity index is 2.15. The van der Waals surface area contributed by atoms with Crippen LogP contribution in [0.5, 0.6) is 5.75 Å². The first-order valence-corrected chi connectivity index (χ1v) is 5.96. The van der Waals surface area contributed by atoms with Crippen molar-refractivity contribution >= 4 is 11.0 Å². The molecule has 1 aromatic heterocycles. The SMILES string of the molecule is CNCc1coc2c3c(ccc12)CC(C)(C)O3. The van der Waals surface area contributed by atoms with Crippen molar-refractivity contribution in [3.8, 4) is 5.75 Å². The number of ether oxygens (including phenoxy) is 1. The number of benzene rings is 1. The maximum atomic E-state index is 5.98. The van der Waals surface area contributed by atoms with Gasteiger partial charge in [-0.25, -0.2) is 0 Å². The lowest BCUT2D eigenvalue weighted by Gasteiger charge is -2.16. The smallest absolute Gasteiger partial charge is 0.176 e. The molecule has 0 atom stereocenters. The Bertz CT molecular complexity index is 569. The number of fused-ring (bicyclic) bond motifs is 3. The van der Waals surface area contributed by atoms with Crippen LogP contribution >= 0.6 is 0 Å². The van der Waals surface area contributed by atoms with Gasteiger partial charge in [-0.15, -0.1) is 0 Å².